The molecule has 0 heterocycles. The molecule has 0 fully saturated rings. The van der Waals surface area contributed by atoms with Crippen LogP contribution in [0.25, 0.3) is 0 Å². The quantitative estimate of drug-likeness (QED) is 0.299. The minimum Gasteiger partial charge on any atom is -0.489 e. The minimum atomic E-state index is -0.193. The van der Waals surface area contributed by atoms with Crippen molar-refractivity contribution in [3.63, 3.8) is 0 Å². The molecule has 0 aliphatic rings. The summed E-state index contributed by atoms with van der Waals surface area (Å²) in [6, 6.07) is 34.0. The van der Waals surface area contributed by atoms with Crippen molar-refractivity contribution in [3.05, 3.63) is 126 Å². The van der Waals surface area contributed by atoms with E-state index in [2.05, 4.69) is 16.0 Å². The Morgan fingerprint density at radius 2 is 1.37 bits per heavy atom. The Morgan fingerprint density at radius 3 is 2.09 bits per heavy atom. The molecular formula is C29H27N3O3. The zero-order valence-electron chi connectivity index (χ0n) is 19.2. The monoisotopic (exact) mass is 465 g/mol. The summed E-state index contributed by atoms with van der Waals surface area (Å²) in [6.45, 7) is 1.01. The topological polar surface area (TPSA) is 79.5 Å². The molecule has 3 N–H and O–H groups in total. The molecular weight excluding hydrogens is 438 g/mol. The van der Waals surface area contributed by atoms with Gasteiger partial charge in [0.15, 0.2) is 0 Å². The standard InChI is InChI=1S/C29H27N3O3/c33-28(32-25-14-16-27(17-15-25)35-21-23-10-5-2-6-11-23)20-30-26-13-7-12-24(18-26)29(34)31-19-22-8-3-1-4-9-22/h1-18,30H,19-21H2,(H,31,34)(H,32,33). The largest absolute Gasteiger partial charge is 0.489 e. The Kier molecular flexibility index (Phi) is 8.11. The van der Waals surface area contributed by atoms with Gasteiger partial charge < -0.3 is 20.7 Å². The van der Waals surface area contributed by atoms with Gasteiger partial charge >= 0.3 is 0 Å². The lowest BCUT2D eigenvalue weighted by atomic mass is 10.1. The first kappa shape index (κ1) is 23.6. The van der Waals surface area contributed by atoms with Crippen LogP contribution in [-0.2, 0) is 17.9 Å². The smallest absolute Gasteiger partial charge is 0.251 e. The lowest BCUT2D eigenvalue weighted by Crippen LogP contribution is -2.23. The first-order chi connectivity index (χ1) is 17.2. The first-order valence-electron chi connectivity index (χ1n) is 11.4. The van der Waals surface area contributed by atoms with Crippen LogP contribution in [-0.4, -0.2) is 18.4 Å². The predicted molar refractivity (Wildman–Crippen MR) is 138 cm³/mol. The minimum absolute atomic E-state index is 0.0708. The highest BCUT2D eigenvalue weighted by Crippen LogP contribution is 2.17. The molecule has 0 radical (unpaired) electrons. The van der Waals surface area contributed by atoms with E-state index in [-0.39, 0.29) is 18.4 Å². The lowest BCUT2D eigenvalue weighted by molar-refractivity contribution is -0.114. The Morgan fingerprint density at radius 1 is 0.686 bits per heavy atom. The molecule has 4 aromatic rings. The second-order valence-electron chi connectivity index (χ2n) is 7.95. The molecule has 176 valence electrons. The van der Waals surface area contributed by atoms with Crippen molar-refractivity contribution in [2.24, 2.45) is 0 Å². The van der Waals surface area contributed by atoms with Gasteiger partial charge in [-0.2, -0.15) is 0 Å². The number of hydrogen-bond donors (Lipinski definition) is 3. The number of benzene rings is 4. The second-order valence-corrected chi connectivity index (χ2v) is 7.95. The molecule has 4 rings (SSSR count). The van der Waals surface area contributed by atoms with Gasteiger partial charge in [0.05, 0.1) is 6.54 Å². The molecule has 0 spiro atoms. The van der Waals surface area contributed by atoms with Crippen molar-refractivity contribution in [1.29, 1.82) is 0 Å². The number of hydrogen-bond acceptors (Lipinski definition) is 4. The number of rotatable bonds is 10. The van der Waals surface area contributed by atoms with Gasteiger partial charge in [0.1, 0.15) is 12.4 Å². The van der Waals surface area contributed by atoms with Crippen LogP contribution in [0.1, 0.15) is 21.5 Å². The molecule has 0 aromatic heterocycles. The van der Waals surface area contributed by atoms with E-state index in [4.69, 9.17) is 4.74 Å². The summed E-state index contributed by atoms with van der Waals surface area (Å²) in [7, 11) is 0. The van der Waals surface area contributed by atoms with Gasteiger partial charge in [-0.3, -0.25) is 9.59 Å². The Hall–Kier alpha value is -4.58. The van der Waals surface area contributed by atoms with Gasteiger partial charge in [0.25, 0.3) is 5.91 Å². The van der Waals surface area contributed by atoms with Crippen LogP contribution in [0.4, 0.5) is 11.4 Å². The van der Waals surface area contributed by atoms with Crippen LogP contribution in [0.5, 0.6) is 5.75 Å². The van der Waals surface area contributed by atoms with Gasteiger partial charge in [-0.05, 0) is 53.6 Å². The van der Waals surface area contributed by atoms with E-state index >= 15 is 0 Å². The van der Waals surface area contributed by atoms with E-state index in [0.717, 1.165) is 16.9 Å². The van der Waals surface area contributed by atoms with Gasteiger partial charge in [0.2, 0.25) is 5.91 Å². The van der Waals surface area contributed by atoms with Crippen molar-refractivity contribution >= 4 is 23.2 Å². The summed E-state index contributed by atoms with van der Waals surface area (Å²) in [5, 5.41) is 8.83. The maximum absolute atomic E-state index is 12.5. The maximum atomic E-state index is 12.5. The van der Waals surface area contributed by atoms with Crippen LogP contribution < -0.4 is 20.7 Å². The molecule has 0 bridgehead atoms. The summed E-state index contributed by atoms with van der Waals surface area (Å²) in [4.78, 5) is 24.9. The molecule has 4 aromatic carbocycles. The summed E-state index contributed by atoms with van der Waals surface area (Å²) >= 11 is 0. The van der Waals surface area contributed by atoms with Crippen molar-refractivity contribution in [2.75, 3.05) is 17.2 Å². The molecule has 0 unspecified atom stereocenters. The number of ether oxygens (including phenoxy) is 1. The molecule has 0 aliphatic heterocycles. The predicted octanol–water partition coefficient (Wildman–Crippen LogP) is 5.25. The summed E-state index contributed by atoms with van der Waals surface area (Å²) in [6.07, 6.45) is 0. The molecule has 6 heteroatoms. The van der Waals surface area contributed by atoms with E-state index in [1.54, 1.807) is 30.3 Å². The Balaban J connectivity index is 1.23. The third-order valence-electron chi connectivity index (χ3n) is 5.26. The zero-order valence-corrected chi connectivity index (χ0v) is 19.2. The van der Waals surface area contributed by atoms with Crippen LogP contribution in [0.15, 0.2) is 109 Å². The second kappa shape index (κ2) is 12.0. The SMILES string of the molecule is O=C(CNc1cccc(C(=O)NCc2ccccc2)c1)Nc1ccc(OCc2ccccc2)cc1. The lowest BCUT2D eigenvalue weighted by Gasteiger charge is -2.11. The van der Waals surface area contributed by atoms with Crippen molar-refractivity contribution in [2.45, 2.75) is 13.2 Å². The molecule has 0 atom stereocenters. The summed E-state index contributed by atoms with van der Waals surface area (Å²) in [5.74, 6) is 0.366. The zero-order chi connectivity index (χ0) is 24.3. The number of carbonyl (C=O) groups excluding carboxylic acids is 2. The first-order valence-corrected chi connectivity index (χ1v) is 11.4. The fourth-order valence-electron chi connectivity index (χ4n) is 3.41. The van der Waals surface area contributed by atoms with Crippen LogP contribution in [0.2, 0.25) is 0 Å². The van der Waals surface area contributed by atoms with Crippen molar-refractivity contribution < 1.29 is 14.3 Å². The third kappa shape index (κ3) is 7.47. The highest BCUT2D eigenvalue weighted by molar-refractivity contribution is 5.96. The van der Waals surface area contributed by atoms with Gasteiger partial charge in [-0.15, -0.1) is 0 Å². The molecule has 35 heavy (non-hydrogen) atoms. The fraction of sp³-hybridized carbons (Fsp3) is 0.103. The average molecular weight is 466 g/mol. The number of nitrogens with one attached hydrogen (secondary N) is 3. The van der Waals surface area contributed by atoms with Crippen LogP contribution in [0.3, 0.4) is 0 Å². The molecule has 0 saturated heterocycles. The van der Waals surface area contributed by atoms with E-state index in [1.807, 2.05) is 78.9 Å². The summed E-state index contributed by atoms with van der Waals surface area (Å²) < 4.78 is 5.77. The maximum Gasteiger partial charge on any atom is 0.251 e. The van der Waals surface area contributed by atoms with E-state index in [0.29, 0.717) is 30.1 Å². The highest BCUT2D eigenvalue weighted by atomic mass is 16.5. The molecule has 0 aliphatic carbocycles. The van der Waals surface area contributed by atoms with E-state index in [9.17, 15) is 9.59 Å². The highest BCUT2D eigenvalue weighted by Gasteiger charge is 2.08. The number of anilines is 2. The normalized spacial score (nSPS) is 10.3. The summed E-state index contributed by atoms with van der Waals surface area (Å²) in [5.41, 5.74) is 4.02. The van der Waals surface area contributed by atoms with Gasteiger partial charge in [0, 0.05) is 23.5 Å². The Labute approximate surface area is 205 Å². The van der Waals surface area contributed by atoms with Crippen molar-refractivity contribution in [3.8, 4) is 5.75 Å². The van der Waals surface area contributed by atoms with Gasteiger partial charge in [-0.1, -0.05) is 66.7 Å². The number of amides is 2. The molecule has 6 nitrogen and oxygen atoms in total. The van der Waals surface area contributed by atoms with Crippen molar-refractivity contribution in [1.82, 2.24) is 5.32 Å². The Bertz CT molecular complexity index is 1240. The van der Waals surface area contributed by atoms with E-state index < -0.39 is 0 Å². The fourth-order valence-corrected chi connectivity index (χ4v) is 3.41. The molecule has 0 saturated carbocycles. The third-order valence-corrected chi connectivity index (χ3v) is 5.26. The van der Waals surface area contributed by atoms with Crippen LogP contribution >= 0.6 is 0 Å². The number of carbonyl (C=O) groups is 2. The van der Waals surface area contributed by atoms with Gasteiger partial charge in [-0.25, -0.2) is 0 Å². The molecule has 2 amide bonds. The van der Waals surface area contributed by atoms with E-state index in [1.165, 1.54) is 0 Å². The average Bonchev–Trinajstić information content (AvgIpc) is 2.91. The van der Waals surface area contributed by atoms with Crippen LogP contribution in [0, 0.1) is 0 Å².